The van der Waals surface area contributed by atoms with Gasteiger partial charge >= 0.3 is 0 Å². The van der Waals surface area contributed by atoms with Crippen molar-refractivity contribution in [2.75, 3.05) is 38.1 Å². The number of hydrogen-bond acceptors (Lipinski definition) is 4. The minimum atomic E-state index is -0.0952. The number of rotatable bonds is 3. The summed E-state index contributed by atoms with van der Waals surface area (Å²) in [6, 6.07) is 13.1. The van der Waals surface area contributed by atoms with Gasteiger partial charge < -0.3 is 19.3 Å². The van der Waals surface area contributed by atoms with E-state index in [2.05, 4.69) is 88.0 Å². The Hall–Kier alpha value is -2.62. The van der Waals surface area contributed by atoms with Gasteiger partial charge in [0.25, 0.3) is 0 Å². The molecular formula is C25H32N2O2. The van der Waals surface area contributed by atoms with E-state index in [1.165, 1.54) is 28.2 Å². The van der Waals surface area contributed by atoms with Gasteiger partial charge in [0.15, 0.2) is 0 Å². The molecule has 0 aromatic heterocycles. The molecule has 4 rings (SSSR count). The Bertz CT molecular complexity index is 990. The lowest BCUT2D eigenvalue weighted by molar-refractivity contribution is 0.412. The molecule has 0 fully saturated rings. The Morgan fingerprint density at radius 3 is 1.97 bits per heavy atom. The summed E-state index contributed by atoms with van der Waals surface area (Å²) in [7, 11) is 7.82. The molecule has 4 nitrogen and oxygen atoms in total. The van der Waals surface area contributed by atoms with Gasteiger partial charge in [0.2, 0.25) is 0 Å². The first-order valence-electron chi connectivity index (χ1n) is 10.2. The molecule has 0 bridgehead atoms. The van der Waals surface area contributed by atoms with Crippen LogP contribution in [-0.2, 0) is 10.8 Å². The maximum atomic E-state index is 5.50. The lowest BCUT2D eigenvalue weighted by atomic mass is 9.77. The Morgan fingerprint density at radius 2 is 1.38 bits per heavy atom. The molecule has 0 saturated heterocycles. The lowest BCUT2D eigenvalue weighted by Gasteiger charge is -2.33. The fourth-order valence-corrected chi connectivity index (χ4v) is 5.17. The van der Waals surface area contributed by atoms with E-state index in [9.17, 15) is 0 Å². The zero-order chi connectivity index (χ0) is 21.1. The number of nitrogens with zero attached hydrogens (tertiary/aromatic N) is 2. The normalized spacial score (nSPS) is 22.6. The van der Waals surface area contributed by atoms with E-state index >= 15 is 0 Å². The molecule has 154 valence electrons. The Labute approximate surface area is 174 Å². The average Bonchev–Trinajstić information content (AvgIpc) is 3.01. The third kappa shape index (κ3) is 2.72. The topological polar surface area (TPSA) is 24.9 Å². The molecule has 2 heterocycles. The number of hydrogen-bond donors (Lipinski definition) is 0. The van der Waals surface area contributed by atoms with Gasteiger partial charge in [0.05, 0.1) is 20.3 Å². The second-order valence-electron chi connectivity index (χ2n) is 9.28. The third-order valence-electron chi connectivity index (χ3n) is 6.99. The van der Waals surface area contributed by atoms with E-state index in [4.69, 9.17) is 9.47 Å². The molecule has 2 aliphatic rings. The van der Waals surface area contributed by atoms with Crippen molar-refractivity contribution in [1.82, 2.24) is 0 Å². The van der Waals surface area contributed by atoms with E-state index in [1.54, 1.807) is 14.2 Å². The number of likely N-dealkylation sites (N-methyl/N-ethyl adjacent to an activating group) is 2. The quantitative estimate of drug-likeness (QED) is 0.725. The molecule has 2 aromatic carbocycles. The molecule has 4 heteroatoms. The molecule has 0 saturated carbocycles. The van der Waals surface area contributed by atoms with E-state index in [0.29, 0.717) is 0 Å². The van der Waals surface area contributed by atoms with Crippen LogP contribution in [0.15, 0.2) is 48.2 Å². The minimum absolute atomic E-state index is 0.0327. The summed E-state index contributed by atoms with van der Waals surface area (Å²) in [6.07, 6.45) is 2.46. The van der Waals surface area contributed by atoms with E-state index in [0.717, 1.165) is 11.5 Å². The van der Waals surface area contributed by atoms with Crippen LogP contribution in [-0.4, -0.2) is 34.4 Å². The number of allylic oxidation sites excluding steroid dienone is 1. The van der Waals surface area contributed by atoms with Crippen LogP contribution < -0.4 is 19.3 Å². The molecule has 0 spiro atoms. The summed E-state index contributed by atoms with van der Waals surface area (Å²) in [5, 5.41) is 0. The van der Waals surface area contributed by atoms with Crippen molar-refractivity contribution in [3.8, 4) is 11.5 Å². The first kappa shape index (κ1) is 19.7. The molecule has 29 heavy (non-hydrogen) atoms. The van der Waals surface area contributed by atoms with Gasteiger partial charge in [-0.05, 0) is 53.6 Å². The summed E-state index contributed by atoms with van der Waals surface area (Å²) >= 11 is 0. The van der Waals surface area contributed by atoms with Crippen LogP contribution in [0.1, 0.15) is 38.8 Å². The number of ether oxygens (including phenoxy) is 2. The number of methoxy groups -OCH3 is 2. The van der Waals surface area contributed by atoms with Crippen molar-refractivity contribution in [2.45, 2.75) is 44.6 Å². The molecule has 0 radical (unpaired) electrons. The summed E-state index contributed by atoms with van der Waals surface area (Å²) in [4.78, 5) is 4.73. The standard InChI is InChI=1S/C25H32N2O2/c1-24(2)18-13-16(28-7)9-11-20(18)26(5)22(24)15-23-25(3,4)19-14-17(29-8)10-12-21(19)27(23)6/h9-15,22H,1-8H3. The van der Waals surface area contributed by atoms with Crippen LogP contribution in [0.3, 0.4) is 0 Å². The van der Waals surface area contributed by atoms with Crippen LogP contribution in [0.5, 0.6) is 11.5 Å². The SMILES string of the molecule is COc1ccc2c(c1)C(C)(C)C(=CC1N(C)c3ccc(OC)cc3C1(C)C)N2C. The lowest BCUT2D eigenvalue weighted by Crippen LogP contribution is -2.39. The Morgan fingerprint density at radius 1 is 0.828 bits per heavy atom. The zero-order valence-electron chi connectivity index (χ0n) is 18.8. The van der Waals surface area contributed by atoms with Crippen LogP contribution in [0, 0.1) is 0 Å². The second-order valence-corrected chi connectivity index (χ2v) is 9.28. The maximum absolute atomic E-state index is 5.50. The monoisotopic (exact) mass is 392 g/mol. The number of benzene rings is 2. The highest BCUT2D eigenvalue weighted by atomic mass is 16.5. The number of anilines is 2. The molecule has 2 aromatic rings. The van der Waals surface area contributed by atoms with Crippen molar-refractivity contribution in [1.29, 1.82) is 0 Å². The Balaban J connectivity index is 1.80. The zero-order valence-corrected chi connectivity index (χ0v) is 18.8. The van der Waals surface area contributed by atoms with Crippen molar-refractivity contribution in [2.24, 2.45) is 0 Å². The molecule has 0 amide bonds. The summed E-state index contributed by atoms with van der Waals surface area (Å²) in [5.74, 6) is 1.82. The average molecular weight is 393 g/mol. The predicted molar refractivity (Wildman–Crippen MR) is 121 cm³/mol. The van der Waals surface area contributed by atoms with Crippen LogP contribution in [0.2, 0.25) is 0 Å². The van der Waals surface area contributed by atoms with E-state index < -0.39 is 0 Å². The molecular weight excluding hydrogens is 360 g/mol. The summed E-state index contributed by atoms with van der Waals surface area (Å²) < 4.78 is 11.0. The van der Waals surface area contributed by atoms with Crippen molar-refractivity contribution >= 4 is 11.4 Å². The van der Waals surface area contributed by atoms with Crippen molar-refractivity contribution < 1.29 is 9.47 Å². The highest BCUT2D eigenvalue weighted by Crippen LogP contribution is 2.51. The molecule has 2 aliphatic heterocycles. The first-order chi connectivity index (χ1) is 13.6. The first-order valence-corrected chi connectivity index (χ1v) is 10.2. The fraction of sp³-hybridized carbons (Fsp3) is 0.440. The van der Waals surface area contributed by atoms with E-state index in [1.807, 2.05) is 6.07 Å². The van der Waals surface area contributed by atoms with Gasteiger partial charge in [-0.25, -0.2) is 0 Å². The predicted octanol–water partition coefficient (Wildman–Crippen LogP) is 5.11. The van der Waals surface area contributed by atoms with Gasteiger partial charge in [-0.2, -0.15) is 0 Å². The van der Waals surface area contributed by atoms with Gasteiger partial charge in [0.1, 0.15) is 11.5 Å². The molecule has 1 unspecified atom stereocenters. The van der Waals surface area contributed by atoms with Crippen LogP contribution in [0.25, 0.3) is 0 Å². The van der Waals surface area contributed by atoms with E-state index in [-0.39, 0.29) is 16.9 Å². The van der Waals surface area contributed by atoms with Gasteiger partial charge in [-0.1, -0.05) is 27.7 Å². The Kier molecular flexibility index (Phi) is 4.38. The summed E-state index contributed by atoms with van der Waals surface area (Å²) in [5.41, 5.74) is 6.36. The van der Waals surface area contributed by atoms with Gasteiger partial charge in [-0.3, -0.25) is 0 Å². The number of fused-ring (bicyclic) bond motifs is 2. The van der Waals surface area contributed by atoms with Gasteiger partial charge in [0, 0.05) is 42.0 Å². The molecule has 0 aliphatic carbocycles. The fourth-order valence-electron chi connectivity index (χ4n) is 5.17. The van der Waals surface area contributed by atoms with Gasteiger partial charge in [-0.15, -0.1) is 0 Å². The molecule has 1 atom stereocenters. The van der Waals surface area contributed by atoms with Crippen LogP contribution in [0.4, 0.5) is 11.4 Å². The summed E-state index contributed by atoms with van der Waals surface area (Å²) in [6.45, 7) is 9.26. The van der Waals surface area contributed by atoms with Crippen LogP contribution >= 0.6 is 0 Å². The second kappa shape index (κ2) is 6.45. The molecule has 0 N–H and O–H groups in total. The highest BCUT2D eigenvalue weighted by Gasteiger charge is 2.45. The van der Waals surface area contributed by atoms with Crippen molar-refractivity contribution in [3.05, 3.63) is 59.3 Å². The minimum Gasteiger partial charge on any atom is -0.497 e. The third-order valence-corrected chi connectivity index (χ3v) is 6.99. The van der Waals surface area contributed by atoms with Crippen molar-refractivity contribution in [3.63, 3.8) is 0 Å². The maximum Gasteiger partial charge on any atom is 0.119 e. The smallest absolute Gasteiger partial charge is 0.119 e. The largest absolute Gasteiger partial charge is 0.497 e. The highest BCUT2D eigenvalue weighted by molar-refractivity contribution is 5.73.